The van der Waals surface area contributed by atoms with E-state index in [4.69, 9.17) is 4.74 Å². The van der Waals surface area contributed by atoms with E-state index in [1.54, 1.807) is 19.4 Å². The normalized spacial score (nSPS) is 11.6. The second-order valence-electron chi connectivity index (χ2n) is 4.88. The maximum atomic E-state index is 5.03. The van der Waals surface area contributed by atoms with Gasteiger partial charge < -0.3 is 4.74 Å². The van der Waals surface area contributed by atoms with Crippen molar-refractivity contribution in [3.63, 3.8) is 0 Å². The maximum Gasteiger partial charge on any atom is 0.246 e. The van der Waals surface area contributed by atoms with E-state index in [-0.39, 0.29) is 5.41 Å². The monoisotopic (exact) mass is 270 g/mol. The zero-order valence-electron chi connectivity index (χ0n) is 11.9. The van der Waals surface area contributed by atoms with Gasteiger partial charge in [0.1, 0.15) is 0 Å². The summed E-state index contributed by atoms with van der Waals surface area (Å²) in [4.78, 5) is 8.19. The highest BCUT2D eigenvalue weighted by molar-refractivity contribution is 5.72. The lowest BCUT2D eigenvalue weighted by atomic mass is 9.86. The molecule has 0 aliphatic heterocycles. The lowest BCUT2D eigenvalue weighted by Gasteiger charge is -2.19. The van der Waals surface area contributed by atoms with E-state index in [1.165, 1.54) is 5.56 Å². The van der Waals surface area contributed by atoms with Gasteiger partial charge in [0.25, 0.3) is 0 Å². The molecule has 0 spiro atoms. The van der Waals surface area contributed by atoms with Crippen molar-refractivity contribution < 1.29 is 4.74 Å². The largest absolute Gasteiger partial charge is 0.481 e. The minimum absolute atomic E-state index is 0.173. The SMILES string of the molecule is COc1ccnc(NN=CC(C)(C)c2ccccc2)n1. The Kier molecular flexibility index (Phi) is 4.30. The van der Waals surface area contributed by atoms with Crippen LogP contribution in [0.4, 0.5) is 5.95 Å². The van der Waals surface area contributed by atoms with Crippen LogP contribution in [0.15, 0.2) is 47.7 Å². The second kappa shape index (κ2) is 6.14. The van der Waals surface area contributed by atoms with E-state index < -0.39 is 0 Å². The summed E-state index contributed by atoms with van der Waals surface area (Å²) in [7, 11) is 1.56. The second-order valence-corrected chi connectivity index (χ2v) is 4.88. The van der Waals surface area contributed by atoms with E-state index in [2.05, 4.69) is 46.5 Å². The summed E-state index contributed by atoms with van der Waals surface area (Å²) in [6.45, 7) is 4.19. The van der Waals surface area contributed by atoms with E-state index in [0.29, 0.717) is 11.8 Å². The molecule has 104 valence electrons. The number of ether oxygens (including phenoxy) is 1. The first-order valence-electron chi connectivity index (χ1n) is 6.34. The number of aromatic nitrogens is 2. The lowest BCUT2D eigenvalue weighted by molar-refractivity contribution is 0.397. The first kappa shape index (κ1) is 14.0. The highest BCUT2D eigenvalue weighted by Crippen LogP contribution is 2.20. The topological polar surface area (TPSA) is 59.4 Å². The summed E-state index contributed by atoms with van der Waals surface area (Å²) >= 11 is 0. The number of rotatable bonds is 5. The van der Waals surface area contributed by atoms with Crippen LogP contribution >= 0.6 is 0 Å². The van der Waals surface area contributed by atoms with Crippen molar-refractivity contribution in [2.45, 2.75) is 19.3 Å². The summed E-state index contributed by atoms with van der Waals surface area (Å²) < 4.78 is 5.03. The van der Waals surface area contributed by atoms with Crippen molar-refractivity contribution in [2.24, 2.45) is 5.10 Å². The van der Waals surface area contributed by atoms with Gasteiger partial charge in [0.15, 0.2) is 0 Å². The fourth-order valence-corrected chi connectivity index (χ4v) is 1.70. The van der Waals surface area contributed by atoms with Crippen molar-refractivity contribution in [2.75, 3.05) is 12.5 Å². The van der Waals surface area contributed by atoms with E-state index in [9.17, 15) is 0 Å². The summed E-state index contributed by atoms with van der Waals surface area (Å²) in [5.74, 6) is 0.907. The van der Waals surface area contributed by atoms with Gasteiger partial charge in [0, 0.05) is 23.9 Å². The summed E-state index contributed by atoms with van der Waals surface area (Å²) in [5, 5.41) is 4.21. The quantitative estimate of drug-likeness (QED) is 0.670. The highest BCUT2D eigenvalue weighted by Gasteiger charge is 2.17. The first-order valence-corrected chi connectivity index (χ1v) is 6.34. The molecule has 5 nitrogen and oxygen atoms in total. The van der Waals surface area contributed by atoms with Crippen LogP contribution in [0.5, 0.6) is 5.88 Å². The highest BCUT2D eigenvalue weighted by atomic mass is 16.5. The molecular weight excluding hydrogens is 252 g/mol. The molecule has 20 heavy (non-hydrogen) atoms. The van der Waals surface area contributed by atoms with Gasteiger partial charge in [-0.05, 0) is 5.56 Å². The molecule has 1 heterocycles. The Balaban J connectivity index is 2.05. The van der Waals surface area contributed by atoms with Gasteiger partial charge in [-0.15, -0.1) is 0 Å². The molecule has 2 rings (SSSR count). The molecule has 1 N–H and O–H groups in total. The van der Waals surface area contributed by atoms with Crippen molar-refractivity contribution in [1.29, 1.82) is 0 Å². The van der Waals surface area contributed by atoms with E-state index in [1.807, 2.05) is 24.4 Å². The summed E-state index contributed by atoms with van der Waals surface area (Å²) in [5.41, 5.74) is 3.83. The molecule has 0 radical (unpaired) electrons. The molecule has 1 aromatic carbocycles. The van der Waals surface area contributed by atoms with Crippen LogP contribution in [-0.2, 0) is 5.41 Å². The van der Waals surface area contributed by atoms with Gasteiger partial charge in [-0.2, -0.15) is 10.1 Å². The fourth-order valence-electron chi connectivity index (χ4n) is 1.70. The first-order chi connectivity index (χ1) is 9.62. The number of anilines is 1. The third-order valence-electron chi connectivity index (χ3n) is 2.91. The van der Waals surface area contributed by atoms with Crippen molar-refractivity contribution >= 4 is 12.2 Å². The van der Waals surface area contributed by atoms with Crippen molar-refractivity contribution in [1.82, 2.24) is 9.97 Å². The zero-order valence-corrected chi connectivity index (χ0v) is 11.9. The predicted molar refractivity (Wildman–Crippen MR) is 80.2 cm³/mol. The van der Waals surface area contributed by atoms with Crippen LogP contribution in [-0.4, -0.2) is 23.3 Å². The van der Waals surface area contributed by atoms with Gasteiger partial charge in [0.05, 0.1) is 7.11 Å². The van der Waals surface area contributed by atoms with Crippen LogP contribution in [0, 0.1) is 0 Å². The average molecular weight is 270 g/mol. The molecule has 0 amide bonds. The number of nitrogens with zero attached hydrogens (tertiary/aromatic N) is 3. The average Bonchev–Trinajstić information content (AvgIpc) is 2.48. The molecule has 0 saturated carbocycles. The maximum absolute atomic E-state index is 5.03. The molecule has 1 aromatic heterocycles. The minimum Gasteiger partial charge on any atom is -0.481 e. The third kappa shape index (κ3) is 3.54. The van der Waals surface area contributed by atoms with Crippen LogP contribution in [0.2, 0.25) is 0 Å². The van der Waals surface area contributed by atoms with E-state index in [0.717, 1.165) is 0 Å². The molecular formula is C15H18N4O. The van der Waals surface area contributed by atoms with Crippen LogP contribution in [0.25, 0.3) is 0 Å². The number of hydrogen-bond acceptors (Lipinski definition) is 5. The Hall–Kier alpha value is -2.43. The van der Waals surface area contributed by atoms with Crippen molar-refractivity contribution in [3.05, 3.63) is 48.2 Å². The molecule has 2 aromatic rings. The lowest BCUT2D eigenvalue weighted by Crippen LogP contribution is -2.19. The molecule has 0 aliphatic rings. The number of methoxy groups -OCH3 is 1. The molecule has 5 heteroatoms. The van der Waals surface area contributed by atoms with Gasteiger partial charge in [0.2, 0.25) is 11.8 Å². The Labute approximate surface area is 118 Å². The molecule has 0 aliphatic carbocycles. The van der Waals surface area contributed by atoms with E-state index >= 15 is 0 Å². The standard InChI is InChI=1S/C15H18N4O/c1-15(2,12-7-5-4-6-8-12)11-17-19-14-16-10-9-13(18-14)20-3/h4-11H,1-3H3,(H,16,18,19). The molecule has 0 fully saturated rings. The van der Waals surface area contributed by atoms with Crippen LogP contribution < -0.4 is 10.2 Å². The smallest absolute Gasteiger partial charge is 0.246 e. The number of nitrogens with one attached hydrogen (secondary N) is 1. The molecule has 0 bridgehead atoms. The van der Waals surface area contributed by atoms with Crippen molar-refractivity contribution in [3.8, 4) is 5.88 Å². The number of hydrogen-bond donors (Lipinski definition) is 1. The number of benzene rings is 1. The Morgan fingerprint density at radius 1 is 1.20 bits per heavy atom. The van der Waals surface area contributed by atoms with Gasteiger partial charge in [-0.25, -0.2) is 10.4 Å². The third-order valence-corrected chi connectivity index (χ3v) is 2.91. The minimum atomic E-state index is -0.173. The fraction of sp³-hybridized carbons (Fsp3) is 0.267. The summed E-state index contributed by atoms with van der Waals surface area (Å²) in [6.07, 6.45) is 3.46. The van der Waals surface area contributed by atoms with Crippen LogP contribution in [0.3, 0.4) is 0 Å². The van der Waals surface area contributed by atoms with Gasteiger partial charge in [-0.3, -0.25) is 0 Å². The summed E-state index contributed by atoms with van der Waals surface area (Å²) in [6, 6.07) is 11.9. The molecule has 0 saturated heterocycles. The van der Waals surface area contributed by atoms with Crippen LogP contribution in [0.1, 0.15) is 19.4 Å². The predicted octanol–water partition coefficient (Wildman–Crippen LogP) is 2.86. The molecule has 0 unspecified atom stereocenters. The Bertz CT molecular complexity index is 581. The number of hydrazone groups is 1. The Morgan fingerprint density at radius 2 is 1.95 bits per heavy atom. The zero-order chi connectivity index (χ0) is 14.4. The molecule has 0 atom stereocenters. The Morgan fingerprint density at radius 3 is 2.65 bits per heavy atom. The van der Waals surface area contributed by atoms with Gasteiger partial charge in [-0.1, -0.05) is 44.2 Å². The van der Waals surface area contributed by atoms with Gasteiger partial charge >= 0.3 is 0 Å².